The summed E-state index contributed by atoms with van der Waals surface area (Å²) in [5.74, 6) is 1.87. The Morgan fingerprint density at radius 2 is 1.67 bits per heavy atom. The van der Waals surface area contributed by atoms with Gasteiger partial charge in [0.25, 0.3) is 5.91 Å². The Morgan fingerprint density at radius 3 is 2.42 bits per heavy atom. The number of amides is 1. The molecule has 3 heterocycles. The smallest absolute Gasteiger partial charge is 0.255 e. The van der Waals surface area contributed by atoms with Crippen molar-refractivity contribution in [1.82, 2.24) is 15.0 Å². The van der Waals surface area contributed by atoms with E-state index in [2.05, 4.69) is 67.4 Å². The molecule has 1 aliphatic rings. The van der Waals surface area contributed by atoms with Gasteiger partial charge in [0.2, 0.25) is 0 Å². The number of nitrogens with one attached hydrogen (secondary N) is 2. The molecule has 0 radical (unpaired) electrons. The van der Waals surface area contributed by atoms with E-state index < -0.39 is 0 Å². The first-order valence-electron chi connectivity index (χ1n) is 14.6. The lowest BCUT2D eigenvalue weighted by Crippen LogP contribution is -2.29. The fraction of sp³-hybridized carbons (Fsp3) is 0.235. The number of hydrogen-bond donors (Lipinski definition) is 2. The van der Waals surface area contributed by atoms with Crippen LogP contribution in [0.5, 0.6) is 11.5 Å². The molecule has 3 aromatic carbocycles. The van der Waals surface area contributed by atoms with Crippen molar-refractivity contribution >= 4 is 55.8 Å². The fourth-order valence-electron chi connectivity index (χ4n) is 5.10. The molecule has 218 valence electrons. The molecule has 0 atom stereocenters. The third-order valence-corrected chi connectivity index (χ3v) is 8.02. The van der Waals surface area contributed by atoms with Gasteiger partial charge in [-0.1, -0.05) is 29.8 Å². The maximum absolute atomic E-state index is 13.2. The number of piperidine rings is 1. The molecule has 0 spiro atoms. The van der Waals surface area contributed by atoms with Gasteiger partial charge in [-0.3, -0.25) is 4.79 Å². The molecule has 8 nitrogen and oxygen atoms in total. The average molecular weight is 638 g/mol. The van der Waals surface area contributed by atoms with Crippen LogP contribution < -0.4 is 20.3 Å². The molecule has 1 fully saturated rings. The molecule has 1 saturated heterocycles. The molecular formula is C34H33BrN6O2. The number of benzene rings is 3. The van der Waals surface area contributed by atoms with Crippen LogP contribution in [0.25, 0.3) is 11.0 Å². The predicted octanol–water partition coefficient (Wildman–Crippen LogP) is 8.69. The molecular weight excluding hydrogens is 604 g/mol. The average Bonchev–Trinajstić information content (AvgIpc) is 3.03. The molecule has 2 N–H and O–H groups in total. The van der Waals surface area contributed by atoms with Crippen LogP contribution in [0.2, 0.25) is 0 Å². The summed E-state index contributed by atoms with van der Waals surface area (Å²) >= 11 is 3.43. The van der Waals surface area contributed by atoms with Gasteiger partial charge in [0.05, 0.1) is 11.1 Å². The van der Waals surface area contributed by atoms with Crippen molar-refractivity contribution in [1.29, 1.82) is 0 Å². The summed E-state index contributed by atoms with van der Waals surface area (Å²) in [5, 5.41) is 7.14. The van der Waals surface area contributed by atoms with E-state index in [9.17, 15) is 4.79 Å². The molecule has 0 bridgehead atoms. The molecule has 43 heavy (non-hydrogen) atoms. The van der Waals surface area contributed by atoms with Gasteiger partial charge < -0.3 is 20.3 Å². The maximum Gasteiger partial charge on any atom is 0.255 e. The normalized spacial score (nSPS) is 13.3. The van der Waals surface area contributed by atoms with Crippen molar-refractivity contribution in [3.8, 4) is 11.5 Å². The second-order valence-corrected chi connectivity index (χ2v) is 11.8. The summed E-state index contributed by atoms with van der Waals surface area (Å²) in [7, 11) is 0. The van der Waals surface area contributed by atoms with E-state index in [0.717, 1.165) is 28.6 Å². The number of fused-ring (bicyclic) bond motifs is 1. The van der Waals surface area contributed by atoms with Gasteiger partial charge in [0.1, 0.15) is 17.9 Å². The number of halogens is 1. The summed E-state index contributed by atoms with van der Waals surface area (Å²) in [4.78, 5) is 29.3. The second-order valence-electron chi connectivity index (χ2n) is 10.9. The van der Waals surface area contributed by atoms with Crippen LogP contribution in [-0.4, -0.2) is 33.9 Å². The molecule has 6 rings (SSSR count). The third kappa shape index (κ3) is 6.78. The van der Waals surface area contributed by atoms with Gasteiger partial charge in [-0.05, 0) is 104 Å². The molecule has 2 aromatic heterocycles. The first-order chi connectivity index (χ1) is 20.9. The van der Waals surface area contributed by atoms with Crippen molar-refractivity contribution in [2.75, 3.05) is 28.6 Å². The molecule has 5 aromatic rings. The van der Waals surface area contributed by atoms with E-state index >= 15 is 0 Å². The zero-order chi connectivity index (χ0) is 29.8. The minimum atomic E-state index is -0.237. The highest BCUT2D eigenvalue weighted by Crippen LogP contribution is 2.35. The van der Waals surface area contributed by atoms with Crippen LogP contribution in [0.15, 0.2) is 89.7 Å². The highest BCUT2D eigenvalue weighted by molar-refractivity contribution is 9.10. The minimum absolute atomic E-state index is 0.237. The van der Waals surface area contributed by atoms with Gasteiger partial charge in [-0.25, -0.2) is 15.0 Å². The summed E-state index contributed by atoms with van der Waals surface area (Å²) in [6.07, 6.45) is 5.23. The number of pyridine rings is 1. The van der Waals surface area contributed by atoms with Gasteiger partial charge in [-0.15, -0.1) is 0 Å². The number of carbonyl (C=O) groups is 1. The highest BCUT2D eigenvalue weighted by atomic mass is 79.9. The number of ether oxygens (including phenoxy) is 1. The Morgan fingerprint density at radius 1 is 0.907 bits per heavy atom. The van der Waals surface area contributed by atoms with Crippen molar-refractivity contribution in [3.63, 3.8) is 0 Å². The SMILES string of the molecule is CC(C)c1ccc2c(Nc3cc(C(=O)Nc4ccc(Br)cc4)ccc3Oc3ccc(N4CCCCC4)cc3)ncnc2n1. The largest absolute Gasteiger partial charge is 0.455 e. The first kappa shape index (κ1) is 28.6. The molecule has 0 aliphatic carbocycles. The Labute approximate surface area is 259 Å². The quantitative estimate of drug-likeness (QED) is 0.176. The van der Waals surface area contributed by atoms with E-state index in [0.29, 0.717) is 39.9 Å². The minimum Gasteiger partial charge on any atom is -0.455 e. The zero-order valence-electron chi connectivity index (χ0n) is 24.2. The Bertz CT molecular complexity index is 1740. The number of aromatic nitrogens is 3. The van der Waals surface area contributed by atoms with Crippen LogP contribution in [0.1, 0.15) is 55.1 Å². The summed E-state index contributed by atoms with van der Waals surface area (Å²) in [6.45, 7) is 6.36. The Kier molecular flexibility index (Phi) is 8.51. The Hall–Kier alpha value is -4.50. The van der Waals surface area contributed by atoms with Crippen LogP contribution in [0, 0.1) is 0 Å². The van der Waals surface area contributed by atoms with Gasteiger partial charge in [-0.2, -0.15) is 0 Å². The molecule has 0 unspecified atom stereocenters. The zero-order valence-corrected chi connectivity index (χ0v) is 25.8. The topological polar surface area (TPSA) is 92.3 Å². The number of nitrogens with zero attached hydrogens (tertiary/aromatic N) is 4. The summed E-state index contributed by atoms with van der Waals surface area (Å²) < 4.78 is 7.32. The third-order valence-electron chi connectivity index (χ3n) is 7.49. The van der Waals surface area contributed by atoms with Crippen molar-refractivity contribution < 1.29 is 9.53 Å². The lowest BCUT2D eigenvalue weighted by Gasteiger charge is -2.28. The molecule has 9 heteroatoms. The van der Waals surface area contributed by atoms with Crippen LogP contribution in [0.4, 0.5) is 22.9 Å². The van der Waals surface area contributed by atoms with Crippen molar-refractivity contribution in [2.24, 2.45) is 0 Å². The monoisotopic (exact) mass is 636 g/mol. The number of anilines is 4. The number of rotatable bonds is 8. The van der Waals surface area contributed by atoms with Crippen molar-refractivity contribution in [2.45, 2.75) is 39.0 Å². The van der Waals surface area contributed by atoms with E-state index in [4.69, 9.17) is 9.72 Å². The van der Waals surface area contributed by atoms with Crippen LogP contribution in [0.3, 0.4) is 0 Å². The fourth-order valence-corrected chi connectivity index (χ4v) is 5.37. The van der Waals surface area contributed by atoms with E-state index in [1.165, 1.54) is 31.3 Å². The van der Waals surface area contributed by atoms with Crippen LogP contribution >= 0.6 is 15.9 Å². The molecule has 0 saturated carbocycles. The number of hydrogen-bond acceptors (Lipinski definition) is 7. The maximum atomic E-state index is 13.2. The highest BCUT2D eigenvalue weighted by Gasteiger charge is 2.16. The molecule has 1 aliphatic heterocycles. The van der Waals surface area contributed by atoms with Crippen molar-refractivity contribution in [3.05, 3.63) is 101 Å². The summed E-state index contributed by atoms with van der Waals surface area (Å²) in [6, 6.07) is 24.9. The van der Waals surface area contributed by atoms with Crippen LogP contribution in [-0.2, 0) is 0 Å². The van der Waals surface area contributed by atoms with Gasteiger partial charge >= 0.3 is 0 Å². The van der Waals surface area contributed by atoms with E-state index in [1.807, 2.05) is 48.5 Å². The van der Waals surface area contributed by atoms with E-state index in [-0.39, 0.29) is 11.8 Å². The lowest BCUT2D eigenvalue weighted by atomic mass is 10.1. The van der Waals surface area contributed by atoms with Gasteiger partial charge in [0.15, 0.2) is 11.4 Å². The van der Waals surface area contributed by atoms with Gasteiger partial charge in [0, 0.05) is 40.2 Å². The first-order valence-corrected chi connectivity index (χ1v) is 15.3. The lowest BCUT2D eigenvalue weighted by molar-refractivity contribution is 0.102. The number of carbonyl (C=O) groups excluding carboxylic acids is 1. The predicted molar refractivity (Wildman–Crippen MR) is 176 cm³/mol. The standard InChI is InChI=1S/C34H33BrN6O2/c1-22(2)29-16-15-28-32(39-29)36-21-37-33(28)40-30-20-23(34(42)38-25-9-7-24(35)8-10-25)6-17-31(30)43-27-13-11-26(12-14-27)41-18-4-3-5-19-41/h6-17,20-22H,3-5,18-19H2,1-2H3,(H,38,42)(H,36,37,39,40). The van der Waals surface area contributed by atoms with E-state index in [1.54, 1.807) is 18.2 Å². The Balaban J connectivity index is 1.31. The molecule has 1 amide bonds. The second kappa shape index (κ2) is 12.8. The summed E-state index contributed by atoms with van der Waals surface area (Å²) in [5.41, 5.74) is 4.52.